The molecule has 2 aromatic rings. The number of carbonyl (C=O) groups excluding carboxylic acids is 1. The summed E-state index contributed by atoms with van der Waals surface area (Å²) in [6, 6.07) is 13.6. The summed E-state index contributed by atoms with van der Waals surface area (Å²) >= 11 is 5.23. The van der Waals surface area contributed by atoms with Crippen LogP contribution in [0.15, 0.2) is 42.5 Å². The molecular formula is C19H22N2OS. The fourth-order valence-corrected chi connectivity index (χ4v) is 2.50. The van der Waals surface area contributed by atoms with Crippen LogP contribution in [0.2, 0.25) is 0 Å². The van der Waals surface area contributed by atoms with Gasteiger partial charge in [0, 0.05) is 11.3 Å². The van der Waals surface area contributed by atoms with Gasteiger partial charge in [-0.25, -0.2) is 0 Å². The number of benzene rings is 2. The second-order valence-corrected chi connectivity index (χ2v) is 6.41. The van der Waals surface area contributed by atoms with E-state index < -0.39 is 0 Å². The van der Waals surface area contributed by atoms with E-state index in [1.54, 1.807) is 0 Å². The lowest BCUT2D eigenvalue weighted by Crippen LogP contribution is -2.34. The Labute approximate surface area is 143 Å². The van der Waals surface area contributed by atoms with Crippen molar-refractivity contribution in [3.05, 3.63) is 64.7 Å². The van der Waals surface area contributed by atoms with Crippen LogP contribution in [0, 0.1) is 13.8 Å². The van der Waals surface area contributed by atoms with E-state index in [1.807, 2.05) is 50.2 Å². The number of hydrogen-bond acceptors (Lipinski definition) is 2. The number of rotatable bonds is 3. The maximum absolute atomic E-state index is 12.2. The molecule has 0 unspecified atom stereocenters. The Hall–Kier alpha value is -2.20. The summed E-state index contributed by atoms with van der Waals surface area (Å²) in [5.41, 5.74) is 4.98. The molecule has 0 radical (unpaired) electrons. The van der Waals surface area contributed by atoms with Crippen molar-refractivity contribution in [1.29, 1.82) is 0 Å². The normalized spacial score (nSPS) is 10.5. The highest BCUT2D eigenvalue weighted by molar-refractivity contribution is 7.80. The first-order valence-electron chi connectivity index (χ1n) is 7.66. The molecule has 2 aromatic carbocycles. The summed E-state index contributed by atoms with van der Waals surface area (Å²) in [6.45, 7) is 8.29. The third-order valence-electron chi connectivity index (χ3n) is 3.70. The molecule has 2 rings (SSSR count). The SMILES string of the molecule is Cc1ccc(NC(=S)NC(=O)c2ccc(C(C)C)cc2)c(C)c1. The van der Waals surface area contributed by atoms with Crippen LogP contribution < -0.4 is 10.6 Å². The molecule has 0 saturated carbocycles. The molecule has 1 amide bonds. The highest BCUT2D eigenvalue weighted by Gasteiger charge is 2.09. The molecule has 0 bridgehead atoms. The van der Waals surface area contributed by atoms with Gasteiger partial charge in [0.05, 0.1) is 0 Å². The molecule has 23 heavy (non-hydrogen) atoms. The van der Waals surface area contributed by atoms with Gasteiger partial charge in [-0.2, -0.15) is 0 Å². The van der Waals surface area contributed by atoms with Gasteiger partial charge in [-0.3, -0.25) is 10.1 Å². The van der Waals surface area contributed by atoms with Crippen molar-refractivity contribution in [3.8, 4) is 0 Å². The van der Waals surface area contributed by atoms with Crippen LogP contribution in [0.5, 0.6) is 0 Å². The predicted octanol–water partition coefficient (Wildman–Crippen LogP) is 4.55. The molecule has 0 fully saturated rings. The quantitative estimate of drug-likeness (QED) is 0.813. The van der Waals surface area contributed by atoms with E-state index in [0.717, 1.165) is 11.3 Å². The highest BCUT2D eigenvalue weighted by atomic mass is 32.1. The van der Waals surface area contributed by atoms with Gasteiger partial charge >= 0.3 is 0 Å². The third-order valence-corrected chi connectivity index (χ3v) is 3.90. The summed E-state index contributed by atoms with van der Waals surface area (Å²) in [5, 5.41) is 6.08. The van der Waals surface area contributed by atoms with E-state index in [2.05, 4.69) is 30.5 Å². The first-order valence-corrected chi connectivity index (χ1v) is 8.07. The Bertz CT molecular complexity index is 721. The van der Waals surface area contributed by atoms with Gasteiger partial charge < -0.3 is 5.32 Å². The van der Waals surface area contributed by atoms with Gasteiger partial charge in [0.1, 0.15) is 0 Å². The molecule has 4 heteroatoms. The molecular weight excluding hydrogens is 304 g/mol. The van der Waals surface area contributed by atoms with Gasteiger partial charge in [0.15, 0.2) is 5.11 Å². The van der Waals surface area contributed by atoms with Gasteiger partial charge in [0.2, 0.25) is 0 Å². The van der Waals surface area contributed by atoms with Crippen LogP contribution in [-0.2, 0) is 0 Å². The fourth-order valence-electron chi connectivity index (χ4n) is 2.30. The number of nitrogens with one attached hydrogen (secondary N) is 2. The Morgan fingerprint density at radius 2 is 1.70 bits per heavy atom. The lowest BCUT2D eigenvalue weighted by molar-refractivity contribution is 0.0977. The van der Waals surface area contributed by atoms with Gasteiger partial charge in [-0.05, 0) is 61.3 Å². The smallest absolute Gasteiger partial charge is 0.257 e. The number of thiocarbonyl (C=S) groups is 1. The van der Waals surface area contributed by atoms with Crippen molar-refractivity contribution < 1.29 is 4.79 Å². The summed E-state index contributed by atoms with van der Waals surface area (Å²) < 4.78 is 0. The second-order valence-electron chi connectivity index (χ2n) is 6.00. The minimum atomic E-state index is -0.206. The summed E-state index contributed by atoms with van der Waals surface area (Å²) in [4.78, 5) is 12.2. The molecule has 0 aliphatic carbocycles. The standard InChI is InChI=1S/C19H22N2OS/c1-12(2)15-6-8-16(9-7-15)18(22)21-19(23)20-17-10-5-13(3)11-14(17)4/h5-12H,1-4H3,(H2,20,21,22,23). The number of amides is 1. The lowest BCUT2D eigenvalue weighted by Gasteiger charge is -2.12. The first kappa shape index (κ1) is 17.2. The Kier molecular flexibility index (Phi) is 5.50. The van der Waals surface area contributed by atoms with E-state index in [-0.39, 0.29) is 5.91 Å². The van der Waals surface area contributed by atoms with Crippen molar-refractivity contribution in [3.63, 3.8) is 0 Å². The summed E-state index contributed by atoms with van der Waals surface area (Å²) in [6.07, 6.45) is 0. The molecule has 0 aromatic heterocycles. The van der Waals surface area contributed by atoms with E-state index in [4.69, 9.17) is 12.2 Å². The van der Waals surface area contributed by atoms with Gasteiger partial charge in [-0.1, -0.05) is 43.7 Å². The maximum atomic E-state index is 12.2. The topological polar surface area (TPSA) is 41.1 Å². The van der Waals surface area contributed by atoms with Crippen molar-refractivity contribution >= 4 is 28.9 Å². The summed E-state index contributed by atoms with van der Waals surface area (Å²) in [7, 11) is 0. The van der Waals surface area contributed by atoms with Crippen LogP contribution in [0.25, 0.3) is 0 Å². The van der Waals surface area contributed by atoms with Crippen molar-refractivity contribution in [1.82, 2.24) is 5.32 Å². The zero-order valence-corrected chi connectivity index (χ0v) is 14.8. The minimum Gasteiger partial charge on any atom is -0.332 e. The minimum absolute atomic E-state index is 0.206. The molecule has 3 nitrogen and oxygen atoms in total. The van der Waals surface area contributed by atoms with Gasteiger partial charge in [-0.15, -0.1) is 0 Å². The average molecular weight is 326 g/mol. The Morgan fingerprint density at radius 1 is 1.04 bits per heavy atom. The van der Waals surface area contributed by atoms with Crippen LogP contribution >= 0.6 is 12.2 Å². The van der Waals surface area contributed by atoms with Crippen LogP contribution in [0.4, 0.5) is 5.69 Å². The molecule has 0 atom stereocenters. The Balaban J connectivity index is 2.00. The van der Waals surface area contributed by atoms with E-state index in [1.165, 1.54) is 11.1 Å². The molecule has 2 N–H and O–H groups in total. The zero-order valence-electron chi connectivity index (χ0n) is 13.9. The third kappa shape index (κ3) is 4.63. The largest absolute Gasteiger partial charge is 0.332 e. The van der Waals surface area contributed by atoms with Crippen molar-refractivity contribution in [2.24, 2.45) is 0 Å². The molecule has 0 aliphatic rings. The molecule has 0 aliphatic heterocycles. The lowest BCUT2D eigenvalue weighted by atomic mass is 10.0. The summed E-state index contributed by atoms with van der Waals surface area (Å²) in [5.74, 6) is 0.238. The predicted molar refractivity (Wildman–Crippen MR) is 100 cm³/mol. The highest BCUT2D eigenvalue weighted by Crippen LogP contribution is 2.16. The maximum Gasteiger partial charge on any atom is 0.257 e. The monoisotopic (exact) mass is 326 g/mol. The molecule has 0 spiro atoms. The number of carbonyl (C=O) groups is 1. The number of aryl methyl sites for hydroxylation is 2. The van der Waals surface area contributed by atoms with E-state index >= 15 is 0 Å². The average Bonchev–Trinajstić information content (AvgIpc) is 2.50. The zero-order chi connectivity index (χ0) is 17.0. The van der Waals surface area contributed by atoms with E-state index in [9.17, 15) is 4.79 Å². The van der Waals surface area contributed by atoms with Crippen LogP contribution in [0.1, 0.15) is 46.8 Å². The second kappa shape index (κ2) is 7.38. The number of hydrogen-bond donors (Lipinski definition) is 2. The Morgan fingerprint density at radius 3 is 2.26 bits per heavy atom. The van der Waals surface area contributed by atoms with E-state index in [0.29, 0.717) is 16.6 Å². The fraction of sp³-hybridized carbons (Fsp3) is 0.263. The van der Waals surface area contributed by atoms with Crippen molar-refractivity contribution in [2.45, 2.75) is 33.6 Å². The number of anilines is 1. The van der Waals surface area contributed by atoms with Crippen molar-refractivity contribution in [2.75, 3.05) is 5.32 Å². The first-order chi connectivity index (χ1) is 10.9. The van der Waals surface area contributed by atoms with Crippen LogP contribution in [-0.4, -0.2) is 11.0 Å². The van der Waals surface area contributed by atoms with Crippen LogP contribution in [0.3, 0.4) is 0 Å². The molecule has 0 heterocycles. The van der Waals surface area contributed by atoms with Gasteiger partial charge in [0.25, 0.3) is 5.91 Å². The molecule has 120 valence electrons. The molecule has 0 saturated heterocycles.